The summed E-state index contributed by atoms with van der Waals surface area (Å²) < 4.78 is 5.70. The first-order valence-corrected chi connectivity index (χ1v) is 10.1. The van der Waals surface area contributed by atoms with Gasteiger partial charge in [-0.1, -0.05) is 26.0 Å². The molecule has 1 saturated heterocycles. The number of carbonyl (C=O) groups is 1. The van der Waals surface area contributed by atoms with Gasteiger partial charge in [-0.05, 0) is 42.3 Å². The molecule has 6 heteroatoms. The largest absolute Gasteiger partial charge is 0.493 e. The zero-order chi connectivity index (χ0) is 20.2. The lowest BCUT2D eigenvalue weighted by Gasteiger charge is -2.35. The number of nitrogens with zero attached hydrogens (tertiary/aromatic N) is 4. The molecule has 0 spiro atoms. The van der Waals surface area contributed by atoms with Gasteiger partial charge in [-0.2, -0.15) is 0 Å². The Kier molecular flexibility index (Phi) is 5.60. The van der Waals surface area contributed by atoms with Gasteiger partial charge in [0, 0.05) is 31.7 Å². The molecule has 1 aromatic heterocycles. The van der Waals surface area contributed by atoms with Crippen molar-refractivity contribution in [1.29, 1.82) is 0 Å². The van der Waals surface area contributed by atoms with Crippen LogP contribution in [0.25, 0.3) is 11.0 Å². The second-order valence-corrected chi connectivity index (χ2v) is 7.73. The van der Waals surface area contributed by atoms with Crippen LogP contribution < -0.4 is 9.64 Å². The van der Waals surface area contributed by atoms with Crippen molar-refractivity contribution >= 4 is 22.8 Å². The molecule has 6 nitrogen and oxygen atoms in total. The molecule has 1 aliphatic rings. The Bertz CT molecular complexity index is 980. The van der Waals surface area contributed by atoms with E-state index < -0.39 is 0 Å². The molecule has 1 amide bonds. The molecule has 0 unspecified atom stereocenters. The summed E-state index contributed by atoms with van der Waals surface area (Å²) in [4.78, 5) is 26.1. The molecule has 0 saturated carbocycles. The number of para-hydroxylation sites is 2. The number of benzene rings is 2. The molecule has 1 fully saturated rings. The number of aromatic nitrogens is 2. The van der Waals surface area contributed by atoms with E-state index in [2.05, 4.69) is 23.7 Å². The normalized spacial score (nSPS) is 14.4. The van der Waals surface area contributed by atoms with Crippen molar-refractivity contribution in [2.45, 2.75) is 13.8 Å². The minimum absolute atomic E-state index is 0.0599. The number of anilines is 1. The van der Waals surface area contributed by atoms with E-state index in [-0.39, 0.29) is 5.91 Å². The molecule has 0 atom stereocenters. The van der Waals surface area contributed by atoms with Crippen molar-refractivity contribution in [1.82, 2.24) is 14.9 Å². The maximum absolute atomic E-state index is 12.8. The fourth-order valence-corrected chi connectivity index (χ4v) is 3.38. The van der Waals surface area contributed by atoms with Gasteiger partial charge in [-0.3, -0.25) is 9.78 Å². The lowest BCUT2D eigenvalue weighted by atomic mass is 10.1. The van der Waals surface area contributed by atoms with E-state index >= 15 is 0 Å². The number of fused-ring (bicyclic) bond motifs is 1. The van der Waals surface area contributed by atoms with E-state index in [1.807, 2.05) is 59.6 Å². The number of hydrogen-bond acceptors (Lipinski definition) is 5. The lowest BCUT2D eigenvalue weighted by Crippen LogP contribution is -2.49. The third-order valence-corrected chi connectivity index (χ3v) is 5.01. The highest BCUT2D eigenvalue weighted by Crippen LogP contribution is 2.19. The van der Waals surface area contributed by atoms with Crippen molar-refractivity contribution in [2.24, 2.45) is 5.92 Å². The predicted molar refractivity (Wildman–Crippen MR) is 114 cm³/mol. The second-order valence-electron chi connectivity index (χ2n) is 7.73. The highest BCUT2D eigenvalue weighted by atomic mass is 16.5. The van der Waals surface area contributed by atoms with Crippen molar-refractivity contribution < 1.29 is 9.53 Å². The Morgan fingerprint density at radius 1 is 1.00 bits per heavy atom. The van der Waals surface area contributed by atoms with Crippen LogP contribution in [0.5, 0.6) is 5.75 Å². The average Bonchev–Trinajstić information content (AvgIpc) is 2.77. The summed E-state index contributed by atoms with van der Waals surface area (Å²) in [6, 6.07) is 15.3. The summed E-state index contributed by atoms with van der Waals surface area (Å²) in [6.07, 6.45) is 1.82. The Labute approximate surface area is 171 Å². The Hall–Kier alpha value is -3.15. The molecular formula is C23H26N4O2. The first-order chi connectivity index (χ1) is 14.1. The quantitative estimate of drug-likeness (QED) is 0.666. The summed E-state index contributed by atoms with van der Waals surface area (Å²) in [5, 5.41) is 0. The number of hydrogen-bond donors (Lipinski definition) is 0. The first kappa shape index (κ1) is 19.2. The summed E-state index contributed by atoms with van der Waals surface area (Å²) in [7, 11) is 0. The van der Waals surface area contributed by atoms with Gasteiger partial charge in [0.05, 0.1) is 23.8 Å². The minimum atomic E-state index is 0.0599. The molecular weight excluding hydrogens is 364 g/mol. The van der Waals surface area contributed by atoms with Crippen LogP contribution in [0.1, 0.15) is 24.2 Å². The molecule has 3 aromatic rings. The lowest BCUT2D eigenvalue weighted by molar-refractivity contribution is 0.0746. The molecule has 2 aromatic carbocycles. The SMILES string of the molecule is CC(C)COc1ccc(C(=O)N2CCN(c3cnc4ccccc4n3)CC2)cc1. The summed E-state index contributed by atoms with van der Waals surface area (Å²) in [5.74, 6) is 2.20. The third kappa shape index (κ3) is 4.47. The van der Waals surface area contributed by atoms with Gasteiger partial charge in [-0.15, -0.1) is 0 Å². The molecule has 0 N–H and O–H groups in total. The highest BCUT2D eigenvalue weighted by Gasteiger charge is 2.23. The van der Waals surface area contributed by atoms with Crippen LogP contribution in [0.15, 0.2) is 54.7 Å². The zero-order valence-electron chi connectivity index (χ0n) is 16.9. The van der Waals surface area contributed by atoms with Gasteiger partial charge in [0.15, 0.2) is 0 Å². The molecule has 150 valence electrons. The van der Waals surface area contributed by atoms with Crippen molar-refractivity contribution in [3.63, 3.8) is 0 Å². The van der Waals surface area contributed by atoms with Gasteiger partial charge >= 0.3 is 0 Å². The van der Waals surface area contributed by atoms with E-state index in [0.29, 0.717) is 31.2 Å². The number of piperazine rings is 1. The minimum Gasteiger partial charge on any atom is -0.493 e. The smallest absolute Gasteiger partial charge is 0.253 e. The van der Waals surface area contributed by atoms with E-state index in [1.54, 1.807) is 0 Å². The second kappa shape index (κ2) is 8.47. The monoisotopic (exact) mass is 390 g/mol. The summed E-state index contributed by atoms with van der Waals surface area (Å²) in [5.41, 5.74) is 2.48. The van der Waals surface area contributed by atoms with Crippen LogP contribution in [-0.4, -0.2) is 53.6 Å². The number of amides is 1. The van der Waals surface area contributed by atoms with Crippen LogP contribution in [0.4, 0.5) is 5.82 Å². The number of ether oxygens (including phenoxy) is 1. The third-order valence-electron chi connectivity index (χ3n) is 5.01. The van der Waals surface area contributed by atoms with Gasteiger partial charge in [0.25, 0.3) is 5.91 Å². The molecule has 29 heavy (non-hydrogen) atoms. The van der Waals surface area contributed by atoms with Gasteiger partial charge in [-0.25, -0.2) is 4.98 Å². The number of carbonyl (C=O) groups excluding carboxylic acids is 1. The van der Waals surface area contributed by atoms with E-state index in [9.17, 15) is 4.79 Å². The van der Waals surface area contributed by atoms with Crippen LogP contribution in [0, 0.1) is 5.92 Å². The fraction of sp³-hybridized carbons (Fsp3) is 0.348. The van der Waals surface area contributed by atoms with E-state index in [0.717, 1.165) is 35.7 Å². The van der Waals surface area contributed by atoms with Gasteiger partial charge in [0.1, 0.15) is 11.6 Å². The van der Waals surface area contributed by atoms with Crippen molar-refractivity contribution in [2.75, 3.05) is 37.7 Å². The molecule has 0 aliphatic carbocycles. The molecule has 1 aliphatic heterocycles. The van der Waals surface area contributed by atoms with E-state index in [4.69, 9.17) is 9.72 Å². The Morgan fingerprint density at radius 3 is 2.38 bits per heavy atom. The maximum atomic E-state index is 12.8. The summed E-state index contributed by atoms with van der Waals surface area (Å²) in [6.45, 7) is 7.72. The Balaban J connectivity index is 1.36. The van der Waals surface area contributed by atoms with Crippen LogP contribution in [-0.2, 0) is 0 Å². The van der Waals surface area contributed by atoms with Gasteiger partial charge < -0.3 is 14.5 Å². The summed E-state index contributed by atoms with van der Waals surface area (Å²) >= 11 is 0. The van der Waals surface area contributed by atoms with Gasteiger partial charge in [0.2, 0.25) is 0 Å². The molecule has 0 radical (unpaired) electrons. The predicted octanol–water partition coefficient (Wildman–Crippen LogP) is 3.63. The molecule has 4 rings (SSSR count). The Morgan fingerprint density at radius 2 is 1.69 bits per heavy atom. The average molecular weight is 390 g/mol. The van der Waals surface area contributed by atoms with E-state index in [1.165, 1.54) is 0 Å². The maximum Gasteiger partial charge on any atom is 0.253 e. The van der Waals surface area contributed by atoms with Crippen LogP contribution in [0.3, 0.4) is 0 Å². The highest BCUT2D eigenvalue weighted by molar-refractivity contribution is 5.94. The topological polar surface area (TPSA) is 58.6 Å². The first-order valence-electron chi connectivity index (χ1n) is 10.1. The standard InChI is InChI=1S/C23H26N4O2/c1-17(2)16-29-19-9-7-18(8-10-19)23(28)27-13-11-26(12-14-27)22-15-24-20-5-3-4-6-21(20)25-22/h3-10,15,17H,11-14,16H2,1-2H3. The number of rotatable bonds is 5. The van der Waals surface area contributed by atoms with Crippen molar-refractivity contribution in [3.8, 4) is 5.75 Å². The molecule has 2 heterocycles. The zero-order valence-corrected chi connectivity index (χ0v) is 16.9. The van der Waals surface area contributed by atoms with Crippen LogP contribution in [0.2, 0.25) is 0 Å². The fourth-order valence-electron chi connectivity index (χ4n) is 3.38. The molecule has 0 bridgehead atoms. The van der Waals surface area contributed by atoms with Crippen LogP contribution >= 0.6 is 0 Å². The van der Waals surface area contributed by atoms with Crippen molar-refractivity contribution in [3.05, 3.63) is 60.3 Å².